The maximum Gasteiger partial charge on any atom is 0.120 e. The molecule has 0 radical (unpaired) electrons. The summed E-state index contributed by atoms with van der Waals surface area (Å²) in [4.78, 5) is 1.09. The fraction of sp³-hybridized carbons (Fsp3) is 0.333. The van der Waals surface area contributed by atoms with E-state index in [1.54, 1.807) is 18.4 Å². The number of rotatable bonds is 6. The first-order chi connectivity index (χ1) is 9.67. The molecular weight excluding hydrogens is 313 g/mol. The van der Waals surface area contributed by atoms with Crippen LogP contribution in [0, 0.1) is 0 Å². The average Bonchev–Trinajstić information content (AvgIpc) is 2.87. The molecule has 0 aliphatic rings. The van der Waals surface area contributed by atoms with Gasteiger partial charge in [-0.25, -0.2) is 0 Å². The predicted molar refractivity (Wildman–Crippen MR) is 87.5 cm³/mol. The lowest BCUT2D eigenvalue weighted by atomic mass is 10.0. The van der Waals surface area contributed by atoms with E-state index in [2.05, 4.69) is 12.2 Å². The Bertz CT molecular complexity index is 571. The molecule has 0 aliphatic carbocycles. The highest BCUT2D eigenvalue weighted by Crippen LogP contribution is 2.37. The average molecular weight is 330 g/mol. The van der Waals surface area contributed by atoms with Crippen molar-refractivity contribution in [2.45, 2.75) is 19.4 Å². The van der Waals surface area contributed by atoms with Crippen LogP contribution in [0.5, 0.6) is 5.75 Å². The number of methoxy groups -OCH3 is 1. The zero-order chi connectivity index (χ0) is 14.5. The van der Waals surface area contributed by atoms with Crippen molar-refractivity contribution >= 4 is 34.5 Å². The third-order valence-corrected chi connectivity index (χ3v) is 4.77. The molecule has 0 spiro atoms. The van der Waals surface area contributed by atoms with Crippen molar-refractivity contribution in [2.75, 3.05) is 13.7 Å². The van der Waals surface area contributed by atoms with Gasteiger partial charge in [0.25, 0.3) is 0 Å². The van der Waals surface area contributed by atoms with E-state index in [1.807, 2.05) is 29.6 Å². The van der Waals surface area contributed by atoms with Gasteiger partial charge in [0.2, 0.25) is 0 Å². The van der Waals surface area contributed by atoms with Gasteiger partial charge < -0.3 is 10.1 Å². The molecule has 108 valence electrons. The van der Waals surface area contributed by atoms with Crippen molar-refractivity contribution in [1.82, 2.24) is 5.32 Å². The van der Waals surface area contributed by atoms with Crippen molar-refractivity contribution in [2.24, 2.45) is 0 Å². The molecule has 1 heterocycles. The summed E-state index contributed by atoms with van der Waals surface area (Å²) < 4.78 is 5.20. The Labute approximate surface area is 133 Å². The van der Waals surface area contributed by atoms with Crippen LogP contribution in [-0.4, -0.2) is 13.7 Å². The Morgan fingerprint density at radius 2 is 2.05 bits per heavy atom. The molecule has 1 N–H and O–H groups in total. The molecule has 20 heavy (non-hydrogen) atoms. The van der Waals surface area contributed by atoms with E-state index in [-0.39, 0.29) is 6.04 Å². The number of nitrogens with one attached hydrogen (secondary N) is 1. The molecule has 1 aromatic heterocycles. The summed E-state index contributed by atoms with van der Waals surface area (Å²) in [7, 11) is 1.63. The van der Waals surface area contributed by atoms with Crippen LogP contribution in [0.25, 0.3) is 0 Å². The Morgan fingerprint density at radius 3 is 2.60 bits per heavy atom. The first kappa shape index (κ1) is 15.6. The molecule has 0 bridgehead atoms. The van der Waals surface area contributed by atoms with Crippen molar-refractivity contribution < 1.29 is 4.74 Å². The van der Waals surface area contributed by atoms with E-state index in [0.717, 1.165) is 34.2 Å². The van der Waals surface area contributed by atoms with Crippen LogP contribution >= 0.6 is 34.5 Å². The molecular formula is C15H17Cl2NOS. The van der Waals surface area contributed by atoms with Gasteiger partial charge in [0, 0.05) is 9.90 Å². The second-order valence-electron chi connectivity index (χ2n) is 4.41. The molecule has 0 saturated carbocycles. The van der Waals surface area contributed by atoms with Crippen molar-refractivity contribution in [1.29, 1.82) is 0 Å². The molecule has 2 nitrogen and oxygen atoms in total. The van der Waals surface area contributed by atoms with Gasteiger partial charge in [-0.3, -0.25) is 0 Å². The van der Waals surface area contributed by atoms with Gasteiger partial charge in [-0.15, -0.1) is 11.3 Å². The highest BCUT2D eigenvalue weighted by atomic mass is 35.5. The van der Waals surface area contributed by atoms with Crippen LogP contribution in [0.2, 0.25) is 10.0 Å². The highest BCUT2D eigenvalue weighted by Gasteiger charge is 2.20. The summed E-state index contributed by atoms with van der Waals surface area (Å²) in [6.45, 7) is 3.04. The number of thiophene rings is 1. The molecule has 1 unspecified atom stereocenters. The smallest absolute Gasteiger partial charge is 0.120 e. The van der Waals surface area contributed by atoms with E-state index in [9.17, 15) is 0 Å². The highest BCUT2D eigenvalue weighted by molar-refractivity contribution is 7.10. The molecule has 1 aromatic carbocycles. The lowest BCUT2D eigenvalue weighted by Gasteiger charge is -2.20. The summed E-state index contributed by atoms with van der Waals surface area (Å²) in [6.07, 6.45) is 1.05. The van der Waals surface area contributed by atoms with Gasteiger partial charge in [-0.2, -0.15) is 0 Å². The standard InChI is InChI=1S/C15H17Cl2NOS/c1-3-7-18-14(15-12(16)6-8-20-15)11-5-4-10(19-2)9-13(11)17/h4-6,8-9,14,18H,3,7H2,1-2H3. The largest absolute Gasteiger partial charge is 0.497 e. The normalized spacial score (nSPS) is 12.4. The first-order valence-corrected chi connectivity index (χ1v) is 8.10. The maximum absolute atomic E-state index is 6.39. The van der Waals surface area contributed by atoms with Crippen molar-refractivity contribution in [3.8, 4) is 5.75 Å². The van der Waals surface area contributed by atoms with Crippen LogP contribution in [0.3, 0.4) is 0 Å². The Hall–Kier alpha value is -0.740. The van der Waals surface area contributed by atoms with E-state index in [1.165, 1.54) is 0 Å². The van der Waals surface area contributed by atoms with Gasteiger partial charge in [-0.1, -0.05) is 36.2 Å². The van der Waals surface area contributed by atoms with Crippen LogP contribution in [0.15, 0.2) is 29.6 Å². The number of hydrogen-bond donors (Lipinski definition) is 1. The quantitative estimate of drug-likeness (QED) is 0.790. The van der Waals surface area contributed by atoms with Crippen LogP contribution in [0.4, 0.5) is 0 Å². The Morgan fingerprint density at radius 1 is 1.25 bits per heavy atom. The van der Waals surface area contributed by atoms with E-state index >= 15 is 0 Å². The minimum absolute atomic E-state index is 0.0147. The molecule has 2 aromatic rings. The number of ether oxygens (including phenoxy) is 1. The van der Waals surface area contributed by atoms with Crippen LogP contribution in [0.1, 0.15) is 29.8 Å². The van der Waals surface area contributed by atoms with Gasteiger partial charge in [0.05, 0.1) is 18.2 Å². The zero-order valence-electron chi connectivity index (χ0n) is 11.5. The lowest BCUT2D eigenvalue weighted by Crippen LogP contribution is -2.23. The fourth-order valence-corrected chi connectivity index (χ4v) is 3.55. The summed E-state index contributed by atoms with van der Waals surface area (Å²) in [5.74, 6) is 0.755. The molecule has 0 amide bonds. The number of hydrogen-bond acceptors (Lipinski definition) is 3. The number of benzene rings is 1. The second kappa shape index (κ2) is 7.32. The van der Waals surface area contributed by atoms with Gasteiger partial charge in [-0.05, 0) is 42.1 Å². The summed E-state index contributed by atoms with van der Waals surface area (Å²) >= 11 is 14.3. The Kier molecular flexibility index (Phi) is 5.73. The third-order valence-electron chi connectivity index (χ3n) is 3.02. The molecule has 0 saturated heterocycles. The van der Waals surface area contributed by atoms with Crippen LogP contribution in [-0.2, 0) is 0 Å². The van der Waals surface area contributed by atoms with E-state index in [4.69, 9.17) is 27.9 Å². The Balaban J connectivity index is 2.38. The maximum atomic E-state index is 6.39. The van der Waals surface area contributed by atoms with Crippen molar-refractivity contribution in [3.63, 3.8) is 0 Å². The minimum Gasteiger partial charge on any atom is -0.497 e. The monoisotopic (exact) mass is 329 g/mol. The van der Waals surface area contributed by atoms with E-state index in [0.29, 0.717) is 5.02 Å². The molecule has 1 atom stereocenters. The second-order valence-corrected chi connectivity index (χ2v) is 6.17. The van der Waals surface area contributed by atoms with Gasteiger partial charge in [0.1, 0.15) is 5.75 Å². The van der Waals surface area contributed by atoms with Crippen LogP contribution < -0.4 is 10.1 Å². The third kappa shape index (κ3) is 3.47. The van der Waals surface area contributed by atoms with Gasteiger partial charge >= 0.3 is 0 Å². The SMILES string of the molecule is CCCNC(c1ccc(OC)cc1Cl)c1sccc1Cl. The summed E-state index contributed by atoms with van der Waals surface area (Å²) in [5, 5.41) is 6.96. The molecule has 5 heteroatoms. The molecule has 0 fully saturated rings. The fourth-order valence-electron chi connectivity index (χ4n) is 2.01. The van der Waals surface area contributed by atoms with E-state index < -0.39 is 0 Å². The molecule has 0 aliphatic heterocycles. The molecule has 2 rings (SSSR count). The topological polar surface area (TPSA) is 21.3 Å². The lowest BCUT2D eigenvalue weighted by molar-refractivity contribution is 0.414. The summed E-state index contributed by atoms with van der Waals surface area (Å²) in [5.41, 5.74) is 1.02. The predicted octanol–water partition coefficient (Wildman–Crippen LogP) is 5.15. The zero-order valence-corrected chi connectivity index (χ0v) is 13.8. The summed E-state index contributed by atoms with van der Waals surface area (Å²) in [6, 6.07) is 7.67. The van der Waals surface area contributed by atoms with Crippen molar-refractivity contribution in [3.05, 3.63) is 50.1 Å². The minimum atomic E-state index is 0.0147. The number of halogens is 2. The van der Waals surface area contributed by atoms with Gasteiger partial charge in [0.15, 0.2) is 0 Å². The first-order valence-electron chi connectivity index (χ1n) is 6.47.